The van der Waals surface area contributed by atoms with Gasteiger partial charge in [-0.15, -0.1) is 0 Å². The maximum absolute atomic E-state index is 12.5. The predicted octanol–water partition coefficient (Wildman–Crippen LogP) is 2.27. The molecule has 2 rings (SSSR count). The molecule has 0 bridgehead atoms. The highest BCUT2D eigenvalue weighted by Gasteiger charge is 2.62. The number of aromatic nitrogens is 1. The molecule has 1 aliphatic carbocycles. The molecule has 82 valence electrons. The van der Waals surface area contributed by atoms with Crippen LogP contribution in [-0.4, -0.2) is 16.7 Å². The molecule has 1 aromatic heterocycles. The summed E-state index contributed by atoms with van der Waals surface area (Å²) in [6.45, 7) is 0.238. The van der Waals surface area contributed by atoms with Crippen molar-refractivity contribution in [2.75, 3.05) is 0 Å². The number of halogens is 3. The van der Waals surface area contributed by atoms with Gasteiger partial charge in [-0.05, 0) is 30.5 Å². The Balaban J connectivity index is 1.95. The fourth-order valence-corrected chi connectivity index (χ4v) is 1.46. The third-order valence-electron chi connectivity index (χ3n) is 2.67. The molecule has 1 aromatic rings. The van der Waals surface area contributed by atoms with E-state index in [4.69, 9.17) is 0 Å². The minimum Gasteiger partial charge on any atom is -0.299 e. The van der Waals surface area contributed by atoms with Crippen molar-refractivity contribution in [3.05, 3.63) is 30.1 Å². The van der Waals surface area contributed by atoms with Crippen LogP contribution in [0, 0.1) is 0 Å². The van der Waals surface area contributed by atoms with Gasteiger partial charge < -0.3 is 0 Å². The molecule has 0 amide bonds. The lowest BCUT2D eigenvalue weighted by Crippen LogP contribution is -2.44. The van der Waals surface area contributed by atoms with Crippen LogP contribution < -0.4 is 5.32 Å². The molecule has 0 saturated heterocycles. The highest BCUT2D eigenvalue weighted by atomic mass is 19.4. The second-order valence-electron chi connectivity index (χ2n) is 3.79. The van der Waals surface area contributed by atoms with Gasteiger partial charge in [0.05, 0.1) is 0 Å². The van der Waals surface area contributed by atoms with Crippen LogP contribution in [0.1, 0.15) is 18.4 Å². The summed E-state index contributed by atoms with van der Waals surface area (Å²) in [6.07, 6.45) is -0.627. The summed E-state index contributed by atoms with van der Waals surface area (Å²) in [5.41, 5.74) is -0.809. The molecule has 5 heteroatoms. The van der Waals surface area contributed by atoms with Crippen molar-refractivity contribution < 1.29 is 13.2 Å². The molecule has 1 N–H and O–H groups in total. The second kappa shape index (κ2) is 3.48. The van der Waals surface area contributed by atoms with Crippen LogP contribution in [0.4, 0.5) is 13.2 Å². The minimum atomic E-state index is -4.14. The summed E-state index contributed by atoms with van der Waals surface area (Å²) in [4.78, 5) is 3.80. The van der Waals surface area contributed by atoms with Gasteiger partial charge in [-0.25, -0.2) is 0 Å². The molecule has 0 unspecified atom stereocenters. The first kappa shape index (κ1) is 10.4. The fourth-order valence-electron chi connectivity index (χ4n) is 1.46. The summed E-state index contributed by atoms with van der Waals surface area (Å²) >= 11 is 0. The van der Waals surface area contributed by atoms with Crippen LogP contribution in [0.5, 0.6) is 0 Å². The summed E-state index contributed by atoms with van der Waals surface area (Å²) in [5, 5.41) is 2.57. The number of hydrogen-bond donors (Lipinski definition) is 1. The molecule has 0 aromatic carbocycles. The number of rotatable bonds is 3. The Morgan fingerprint density at radius 3 is 2.33 bits per heavy atom. The van der Waals surface area contributed by atoms with E-state index in [0.717, 1.165) is 5.56 Å². The molecule has 0 radical (unpaired) electrons. The monoisotopic (exact) mass is 216 g/mol. The van der Waals surface area contributed by atoms with Crippen molar-refractivity contribution in [2.24, 2.45) is 0 Å². The second-order valence-corrected chi connectivity index (χ2v) is 3.79. The van der Waals surface area contributed by atoms with Crippen LogP contribution >= 0.6 is 0 Å². The highest BCUT2D eigenvalue weighted by molar-refractivity contribution is 5.13. The number of nitrogens with zero attached hydrogens (tertiary/aromatic N) is 1. The Labute approximate surface area is 85.5 Å². The van der Waals surface area contributed by atoms with Crippen LogP contribution in [0.15, 0.2) is 24.5 Å². The van der Waals surface area contributed by atoms with Crippen LogP contribution in [-0.2, 0) is 6.54 Å². The lowest BCUT2D eigenvalue weighted by molar-refractivity contribution is -0.166. The highest BCUT2D eigenvalue weighted by Crippen LogP contribution is 2.48. The maximum atomic E-state index is 12.5. The summed E-state index contributed by atoms with van der Waals surface area (Å²) < 4.78 is 37.6. The van der Waals surface area contributed by atoms with Gasteiger partial charge in [0.25, 0.3) is 0 Å². The van der Waals surface area contributed by atoms with E-state index in [2.05, 4.69) is 10.3 Å². The predicted molar refractivity (Wildman–Crippen MR) is 49.1 cm³/mol. The molecule has 0 spiro atoms. The topological polar surface area (TPSA) is 24.9 Å². The zero-order chi connectivity index (χ0) is 10.9. The van der Waals surface area contributed by atoms with E-state index in [0.29, 0.717) is 0 Å². The first-order chi connectivity index (χ1) is 7.04. The average Bonchev–Trinajstić information content (AvgIpc) is 2.96. The van der Waals surface area contributed by atoms with E-state index < -0.39 is 11.7 Å². The summed E-state index contributed by atoms with van der Waals surface area (Å²) in [6, 6.07) is 3.42. The Morgan fingerprint density at radius 2 is 1.87 bits per heavy atom. The van der Waals surface area contributed by atoms with E-state index in [1.54, 1.807) is 24.5 Å². The van der Waals surface area contributed by atoms with Crippen molar-refractivity contribution in [1.82, 2.24) is 10.3 Å². The van der Waals surface area contributed by atoms with Gasteiger partial charge in [0.2, 0.25) is 0 Å². The van der Waals surface area contributed by atoms with Gasteiger partial charge >= 0.3 is 6.18 Å². The molecule has 1 fully saturated rings. The third-order valence-corrected chi connectivity index (χ3v) is 2.67. The van der Waals surface area contributed by atoms with Gasteiger partial charge in [-0.1, -0.05) is 0 Å². The van der Waals surface area contributed by atoms with E-state index in [9.17, 15) is 13.2 Å². The molecule has 1 heterocycles. The van der Waals surface area contributed by atoms with Gasteiger partial charge in [0.15, 0.2) is 0 Å². The van der Waals surface area contributed by atoms with Crippen LogP contribution in [0.3, 0.4) is 0 Å². The molecular weight excluding hydrogens is 205 g/mol. The molecular formula is C10H11F3N2. The third kappa shape index (κ3) is 2.12. The quantitative estimate of drug-likeness (QED) is 0.838. The standard InChI is InChI=1S/C10H11F3N2/c11-10(12,13)9(3-4-9)15-7-8-1-5-14-6-2-8/h1-2,5-6,15H,3-4,7H2. The summed E-state index contributed by atoms with van der Waals surface area (Å²) in [7, 11) is 0. The van der Waals surface area contributed by atoms with Crippen LogP contribution in [0.2, 0.25) is 0 Å². The number of pyridine rings is 1. The van der Waals surface area contributed by atoms with E-state index >= 15 is 0 Å². The largest absolute Gasteiger partial charge is 0.406 e. The molecule has 0 atom stereocenters. The normalized spacial score (nSPS) is 18.9. The van der Waals surface area contributed by atoms with Gasteiger partial charge in [0.1, 0.15) is 5.54 Å². The minimum absolute atomic E-state index is 0.182. The first-order valence-corrected chi connectivity index (χ1v) is 4.74. The molecule has 15 heavy (non-hydrogen) atoms. The van der Waals surface area contributed by atoms with Gasteiger partial charge in [-0.3, -0.25) is 10.3 Å². The van der Waals surface area contributed by atoms with Crippen molar-refractivity contribution in [3.63, 3.8) is 0 Å². The van der Waals surface area contributed by atoms with Crippen molar-refractivity contribution in [3.8, 4) is 0 Å². The van der Waals surface area contributed by atoms with Gasteiger partial charge in [0, 0.05) is 18.9 Å². The first-order valence-electron chi connectivity index (χ1n) is 4.74. The smallest absolute Gasteiger partial charge is 0.299 e. The Bertz CT molecular complexity index is 330. The van der Waals surface area contributed by atoms with E-state index in [1.165, 1.54) is 0 Å². The zero-order valence-corrected chi connectivity index (χ0v) is 8.01. The van der Waals surface area contributed by atoms with Crippen molar-refractivity contribution >= 4 is 0 Å². The Kier molecular flexibility index (Phi) is 2.42. The SMILES string of the molecule is FC(F)(F)C1(NCc2ccncc2)CC1. The maximum Gasteiger partial charge on any atom is 0.406 e. The Hall–Kier alpha value is -1.10. The van der Waals surface area contributed by atoms with Crippen molar-refractivity contribution in [1.29, 1.82) is 0 Å². The molecule has 0 aliphatic heterocycles. The summed E-state index contributed by atoms with van der Waals surface area (Å²) in [5.74, 6) is 0. The number of alkyl halides is 3. The number of nitrogens with one attached hydrogen (secondary N) is 1. The number of hydrogen-bond acceptors (Lipinski definition) is 2. The van der Waals surface area contributed by atoms with E-state index in [1.807, 2.05) is 0 Å². The van der Waals surface area contributed by atoms with Gasteiger partial charge in [-0.2, -0.15) is 13.2 Å². The average molecular weight is 216 g/mol. The Morgan fingerprint density at radius 1 is 1.27 bits per heavy atom. The molecule has 2 nitrogen and oxygen atoms in total. The lowest BCUT2D eigenvalue weighted by Gasteiger charge is -2.20. The fraction of sp³-hybridized carbons (Fsp3) is 0.500. The van der Waals surface area contributed by atoms with Crippen LogP contribution in [0.25, 0.3) is 0 Å². The molecule has 1 aliphatic rings. The molecule has 1 saturated carbocycles. The zero-order valence-electron chi connectivity index (χ0n) is 8.01. The van der Waals surface area contributed by atoms with E-state index in [-0.39, 0.29) is 19.4 Å². The lowest BCUT2D eigenvalue weighted by atomic mass is 10.2. The van der Waals surface area contributed by atoms with Crippen molar-refractivity contribution in [2.45, 2.75) is 31.1 Å².